The lowest BCUT2D eigenvalue weighted by Crippen LogP contribution is -2.00. The van der Waals surface area contributed by atoms with Gasteiger partial charge in [-0.15, -0.1) is 0 Å². The van der Waals surface area contributed by atoms with Crippen LogP contribution < -0.4 is 0 Å². The molecule has 62 valence electrons. The fourth-order valence-corrected chi connectivity index (χ4v) is 2.61. The number of thiol groups is 1. The normalized spacial score (nSPS) is 13.5. The Kier molecular flexibility index (Phi) is 9.01. The lowest BCUT2D eigenvalue weighted by atomic mass is 10.3. The maximum Gasteiger partial charge on any atom is 0.00235 e. The van der Waals surface area contributed by atoms with Gasteiger partial charge in [-0.1, -0.05) is 6.92 Å². The summed E-state index contributed by atoms with van der Waals surface area (Å²) in [6.07, 6.45) is 2.16. The quantitative estimate of drug-likeness (QED) is 0.512. The van der Waals surface area contributed by atoms with Crippen LogP contribution in [0.3, 0.4) is 0 Å². The Balaban J connectivity index is 2.89. The molecule has 0 aromatic carbocycles. The third-order valence-electron chi connectivity index (χ3n) is 1.15. The zero-order valence-corrected chi connectivity index (χ0v) is 9.20. The molecule has 10 heavy (non-hydrogen) atoms. The van der Waals surface area contributed by atoms with Crippen LogP contribution in [0, 0.1) is 5.92 Å². The Morgan fingerprint density at radius 3 is 2.60 bits per heavy atom. The molecule has 0 bridgehead atoms. The Bertz CT molecular complexity index is 65.9. The molecule has 0 N–H and O–H groups in total. The van der Waals surface area contributed by atoms with Crippen LogP contribution in [0.2, 0.25) is 0 Å². The molecule has 0 saturated carbocycles. The number of hydrogen-bond donors (Lipinski definition) is 1. The summed E-state index contributed by atoms with van der Waals surface area (Å²) in [6.45, 7) is 2.25. The minimum atomic E-state index is 0.773. The maximum atomic E-state index is 4.22. The van der Waals surface area contributed by atoms with Gasteiger partial charge in [0.1, 0.15) is 0 Å². The molecule has 1 unspecified atom stereocenters. The Hall–Kier alpha value is 1.05. The van der Waals surface area contributed by atoms with Crippen LogP contribution in [0.15, 0.2) is 0 Å². The SMILES string of the molecule is CSCCSCC(C)CS. The number of rotatable bonds is 6. The molecule has 0 aliphatic rings. The molecule has 0 aliphatic heterocycles. The Morgan fingerprint density at radius 2 is 2.10 bits per heavy atom. The zero-order chi connectivity index (χ0) is 7.82. The van der Waals surface area contributed by atoms with E-state index in [1.807, 2.05) is 23.5 Å². The van der Waals surface area contributed by atoms with Crippen LogP contribution in [-0.2, 0) is 0 Å². The predicted molar refractivity (Wildman–Crippen MR) is 58.7 cm³/mol. The summed E-state index contributed by atoms with van der Waals surface area (Å²) in [5, 5.41) is 0. The van der Waals surface area contributed by atoms with E-state index < -0.39 is 0 Å². The summed E-state index contributed by atoms with van der Waals surface area (Å²) in [5.74, 6) is 5.63. The minimum Gasteiger partial charge on any atom is -0.179 e. The Morgan fingerprint density at radius 1 is 1.40 bits per heavy atom. The van der Waals surface area contributed by atoms with Crippen LogP contribution in [0.5, 0.6) is 0 Å². The summed E-state index contributed by atoms with van der Waals surface area (Å²) in [5.41, 5.74) is 0. The van der Waals surface area contributed by atoms with Gasteiger partial charge in [-0.05, 0) is 23.7 Å². The summed E-state index contributed by atoms with van der Waals surface area (Å²) in [7, 11) is 0. The fraction of sp³-hybridized carbons (Fsp3) is 1.00. The first kappa shape index (κ1) is 11.1. The van der Waals surface area contributed by atoms with E-state index in [-0.39, 0.29) is 0 Å². The van der Waals surface area contributed by atoms with Gasteiger partial charge in [0.2, 0.25) is 0 Å². The van der Waals surface area contributed by atoms with Gasteiger partial charge in [0.15, 0.2) is 0 Å². The molecule has 0 aromatic heterocycles. The van der Waals surface area contributed by atoms with Gasteiger partial charge < -0.3 is 0 Å². The van der Waals surface area contributed by atoms with E-state index in [9.17, 15) is 0 Å². The van der Waals surface area contributed by atoms with E-state index in [0.717, 1.165) is 11.7 Å². The molecule has 0 aliphatic carbocycles. The predicted octanol–water partition coefficient (Wildman–Crippen LogP) is 2.65. The van der Waals surface area contributed by atoms with Gasteiger partial charge in [-0.3, -0.25) is 0 Å². The highest BCUT2D eigenvalue weighted by molar-refractivity contribution is 8.02. The van der Waals surface area contributed by atoms with Crippen molar-refractivity contribution in [1.82, 2.24) is 0 Å². The molecule has 0 radical (unpaired) electrons. The third kappa shape index (κ3) is 7.16. The van der Waals surface area contributed by atoms with Gasteiger partial charge in [0.05, 0.1) is 0 Å². The first-order valence-electron chi connectivity index (χ1n) is 3.48. The van der Waals surface area contributed by atoms with Crippen molar-refractivity contribution in [2.24, 2.45) is 5.92 Å². The summed E-state index contributed by atoms with van der Waals surface area (Å²) < 4.78 is 0. The average molecular weight is 196 g/mol. The summed E-state index contributed by atoms with van der Waals surface area (Å²) in [4.78, 5) is 0. The largest absolute Gasteiger partial charge is 0.179 e. The second kappa shape index (κ2) is 8.15. The summed E-state index contributed by atoms with van der Waals surface area (Å²) >= 11 is 8.18. The van der Waals surface area contributed by atoms with E-state index in [1.165, 1.54) is 17.3 Å². The molecule has 3 heteroatoms. The highest BCUT2D eigenvalue weighted by atomic mass is 32.2. The van der Waals surface area contributed by atoms with Crippen molar-refractivity contribution in [2.75, 3.05) is 29.3 Å². The summed E-state index contributed by atoms with van der Waals surface area (Å²) in [6, 6.07) is 0. The Labute approximate surface area is 78.3 Å². The first-order valence-corrected chi connectivity index (χ1v) is 6.67. The van der Waals surface area contributed by atoms with Gasteiger partial charge in [0, 0.05) is 11.5 Å². The number of hydrogen-bond acceptors (Lipinski definition) is 3. The maximum absolute atomic E-state index is 4.22. The number of thioether (sulfide) groups is 2. The van der Waals surface area contributed by atoms with E-state index >= 15 is 0 Å². The molecule has 0 amide bonds. The smallest absolute Gasteiger partial charge is 0.00235 e. The fourth-order valence-electron chi connectivity index (χ4n) is 0.479. The highest BCUT2D eigenvalue weighted by Crippen LogP contribution is 2.10. The second-order valence-electron chi connectivity index (χ2n) is 2.36. The van der Waals surface area contributed by atoms with Crippen molar-refractivity contribution in [1.29, 1.82) is 0 Å². The van der Waals surface area contributed by atoms with Crippen molar-refractivity contribution in [3.63, 3.8) is 0 Å². The average Bonchev–Trinajstić information content (AvgIpc) is 1.98. The molecule has 0 nitrogen and oxygen atoms in total. The third-order valence-corrected chi connectivity index (χ3v) is 3.94. The van der Waals surface area contributed by atoms with E-state index in [0.29, 0.717) is 0 Å². The molecule has 0 rings (SSSR count). The molecule has 0 heterocycles. The van der Waals surface area contributed by atoms with Gasteiger partial charge in [0.25, 0.3) is 0 Å². The monoisotopic (exact) mass is 196 g/mol. The molecular weight excluding hydrogens is 180 g/mol. The van der Waals surface area contributed by atoms with Crippen molar-refractivity contribution in [3.05, 3.63) is 0 Å². The highest BCUT2D eigenvalue weighted by Gasteiger charge is 1.97. The van der Waals surface area contributed by atoms with Gasteiger partial charge in [-0.25, -0.2) is 0 Å². The van der Waals surface area contributed by atoms with Crippen LogP contribution in [0.25, 0.3) is 0 Å². The molecule has 0 fully saturated rings. The van der Waals surface area contributed by atoms with E-state index in [4.69, 9.17) is 0 Å². The molecule has 0 spiro atoms. The van der Waals surface area contributed by atoms with Crippen LogP contribution in [-0.4, -0.2) is 29.3 Å². The lowest BCUT2D eigenvalue weighted by molar-refractivity contribution is 0.767. The van der Waals surface area contributed by atoms with E-state index in [2.05, 4.69) is 25.8 Å². The van der Waals surface area contributed by atoms with Crippen molar-refractivity contribution >= 4 is 36.2 Å². The van der Waals surface area contributed by atoms with E-state index in [1.54, 1.807) is 0 Å². The van der Waals surface area contributed by atoms with Crippen LogP contribution in [0.1, 0.15) is 6.92 Å². The van der Waals surface area contributed by atoms with Crippen molar-refractivity contribution in [3.8, 4) is 0 Å². The topological polar surface area (TPSA) is 0 Å². The van der Waals surface area contributed by atoms with Crippen LogP contribution >= 0.6 is 36.2 Å². The van der Waals surface area contributed by atoms with Crippen molar-refractivity contribution in [2.45, 2.75) is 6.92 Å². The standard InChI is InChI=1S/C7H16S3/c1-7(5-8)6-10-4-3-9-2/h7-8H,3-6H2,1-2H3. The van der Waals surface area contributed by atoms with Crippen molar-refractivity contribution < 1.29 is 0 Å². The molecule has 0 aromatic rings. The van der Waals surface area contributed by atoms with Gasteiger partial charge in [-0.2, -0.15) is 36.2 Å². The second-order valence-corrected chi connectivity index (χ2v) is 4.86. The first-order chi connectivity index (χ1) is 4.81. The molecular formula is C7H16S3. The molecule has 0 saturated heterocycles. The molecule has 1 atom stereocenters. The lowest BCUT2D eigenvalue weighted by Gasteiger charge is -2.05. The minimum absolute atomic E-state index is 0.773. The zero-order valence-electron chi connectivity index (χ0n) is 6.67. The van der Waals surface area contributed by atoms with Gasteiger partial charge >= 0.3 is 0 Å². The van der Waals surface area contributed by atoms with Crippen LogP contribution in [0.4, 0.5) is 0 Å².